The summed E-state index contributed by atoms with van der Waals surface area (Å²) in [5.74, 6) is 0.112. The van der Waals surface area contributed by atoms with Crippen LogP contribution < -0.4 is 0 Å². The molecule has 0 radical (unpaired) electrons. The molecule has 0 N–H and O–H groups in total. The van der Waals surface area contributed by atoms with Gasteiger partial charge in [-0.3, -0.25) is 4.98 Å². The number of fused-ring (bicyclic) bond motifs is 4. The number of benzene rings is 2. The van der Waals surface area contributed by atoms with Gasteiger partial charge in [-0.2, -0.15) is 0 Å². The molecule has 6 heteroatoms. The number of para-hydroxylation sites is 1. The van der Waals surface area contributed by atoms with Crippen LogP contribution in [0.25, 0.3) is 38.4 Å². The molecule has 0 spiro atoms. The van der Waals surface area contributed by atoms with Gasteiger partial charge >= 0.3 is 0 Å². The number of rotatable bonds is 4. The van der Waals surface area contributed by atoms with Crippen LogP contribution in [0, 0.1) is 18.3 Å². The van der Waals surface area contributed by atoms with Gasteiger partial charge in [0, 0.05) is 40.1 Å². The van der Waals surface area contributed by atoms with Crippen molar-refractivity contribution in [2.45, 2.75) is 44.4 Å². The summed E-state index contributed by atoms with van der Waals surface area (Å²) in [6.07, 6.45) is 6.97. The van der Waals surface area contributed by atoms with E-state index in [2.05, 4.69) is 16.8 Å². The molecule has 2 aromatic heterocycles. The zero-order chi connectivity index (χ0) is 25.6. The molecular weight excluding hydrogens is 463 g/mol. The minimum atomic E-state index is -0.573. The fraction of sp³-hybridized carbons (Fsp3) is 0.258. The molecule has 2 heterocycles. The SMILES string of the molecule is [C-]#[N+]C1=C[C@@]2(CCC)c3nc(-c4ccnc5ccccc45)nc(-c4ccccc4F)c3CC[C@@H]2CC1=O. The topological polar surface area (TPSA) is 60.1 Å². The van der Waals surface area contributed by atoms with Crippen molar-refractivity contribution in [3.05, 3.63) is 101 Å². The number of aromatic nitrogens is 3. The van der Waals surface area contributed by atoms with E-state index in [1.807, 2.05) is 42.5 Å². The van der Waals surface area contributed by atoms with Crippen molar-refractivity contribution < 1.29 is 9.18 Å². The van der Waals surface area contributed by atoms with Crippen LogP contribution in [0.2, 0.25) is 0 Å². The summed E-state index contributed by atoms with van der Waals surface area (Å²) in [6.45, 7) is 9.76. The van der Waals surface area contributed by atoms with Crippen LogP contribution in [0.3, 0.4) is 0 Å². The van der Waals surface area contributed by atoms with Gasteiger partial charge in [0.1, 0.15) is 5.82 Å². The van der Waals surface area contributed by atoms with Crippen LogP contribution >= 0.6 is 0 Å². The summed E-state index contributed by atoms with van der Waals surface area (Å²) in [5.41, 5.74) is 4.01. The summed E-state index contributed by atoms with van der Waals surface area (Å²) in [5, 5.41) is 0.914. The second-order valence-corrected chi connectivity index (χ2v) is 9.87. The van der Waals surface area contributed by atoms with Crippen molar-refractivity contribution in [3.63, 3.8) is 0 Å². The van der Waals surface area contributed by atoms with Crippen LogP contribution in [-0.4, -0.2) is 20.7 Å². The first-order valence-corrected chi connectivity index (χ1v) is 12.7. The Morgan fingerprint density at radius 2 is 1.89 bits per heavy atom. The third-order valence-corrected chi connectivity index (χ3v) is 7.83. The standard InChI is InChI=1S/C31H25FN4O/c1-3-15-31-18-26(33-2)27(37)17-19(31)12-13-23-28(22-9-4-6-10-24(22)32)35-30(36-29(23)31)21-14-16-34-25-11-7-5-8-20(21)25/h4-11,14,16,18-19H,3,12-13,15,17H2,1H3/t19-,31-/m1/s1. The molecule has 0 fully saturated rings. The first-order valence-electron chi connectivity index (χ1n) is 12.7. The number of pyridine rings is 1. The number of halogens is 1. The highest BCUT2D eigenvalue weighted by Gasteiger charge is 2.48. The van der Waals surface area contributed by atoms with Gasteiger partial charge in [-0.05, 0) is 49.4 Å². The van der Waals surface area contributed by atoms with Crippen molar-refractivity contribution in [1.29, 1.82) is 0 Å². The maximum absolute atomic E-state index is 15.2. The Bertz CT molecular complexity index is 1630. The van der Waals surface area contributed by atoms with E-state index in [0.717, 1.165) is 47.0 Å². The lowest BCUT2D eigenvalue weighted by molar-refractivity contribution is -0.117. The Labute approximate surface area is 214 Å². The van der Waals surface area contributed by atoms with Gasteiger partial charge in [-0.1, -0.05) is 49.8 Å². The van der Waals surface area contributed by atoms with Gasteiger partial charge in [-0.25, -0.2) is 19.2 Å². The average Bonchev–Trinajstić information content (AvgIpc) is 2.92. The first-order chi connectivity index (χ1) is 18.1. The van der Waals surface area contributed by atoms with E-state index in [4.69, 9.17) is 16.5 Å². The number of allylic oxidation sites excluding steroid dienone is 2. The average molecular weight is 489 g/mol. The lowest BCUT2D eigenvalue weighted by Gasteiger charge is -2.45. The van der Waals surface area contributed by atoms with Crippen LogP contribution in [0.1, 0.15) is 43.9 Å². The number of nitrogens with zero attached hydrogens (tertiary/aromatic N) is 4. The molecule has 0 amide bonds. The van der Waals surface area contributed by atoms with Gasteiger partial charge in [0.25, 0.3) is 0 Å². The molecule has 0 saturated heterocycles. The molecule has 182 valence electrons. The number of hydrogen-bond donors (Lipinski definition) is 0. The fourth-order valence-electron chi connectivity index (χ4n) is 6.19. The van der Waals surface area contributed by atoms with E-state index in [1.54, 1.807) is 18.3 Å². The molecule has 2 atom stereocenters. The predicted molar refractivity (Wildman–Crippen MR) is 141 cm³/mol. The number of hydrogen-bond acceptors (Lipinski definition) is 4. The van der Waals surface area contributed by atoms with E-state index in [-0.39, 0.29) is 23.2 Å². The van der Waals surface area contributed by atoms with Gasteiger partial charge in [-0.15, -0.1) is 0 Å². The normalized spacial score (nSPS) is 20.6. The Morgan fingerprint density at radius 1 is 1.08 bits per heavy atom. The Balaban J connectivity index is 1.71. The quantitative estimate of drug-likeness (QED) is 0.294. The number of ketones is 1. The van der Waals surface area contributed by atoms with Gasteiger partial charge in [0.05, 0.1) is 23.5 Å². The van der Waals surface area contributed by atoms with E-state index < -0.39 is 5.41 Å². The second-order valence-electron chi connectivity index (χ2n) is 9.87. The molecule has 5 nitrogen and oxygen atoms in total. The van der Waals surface area contributed by atoms with E-state index >= 15 is 4.39 Å². The molecule has 2 aliphatic carbocycles. The highest BCUT2D eigenvalue weighted by atomic mass is 19.1. The molecule has 4 aromatic rings. The maximum atomic E-state index is 15.2. The number of carbonyl (C=O) groups is 1. The highest BCUT2D eigenvalue weighted by molar-refractivity contribution is 5.99. The molecule has 0 aliphatic heterocycles. The lowest BCUT2D eigenvalue weighted by Crippen LogP contribution is -2.43. The summed E-state index contributed by atoms with van der Waals surface area (Å²) in [7, 11) is 0. The van der Waals surface area contributed by atoms with Crippen molar-refractivity contribution in [2.24, 2.45) is 5.92 Å². The monoisotopic (exact) mass is 488 g/mol. The molecule has 2 aliphatic rings. The predicted octanol–water partition coefficient (Wildman–Crippen LogP) is 6.87. The van der Waals surface area contributed by atoms with Crippen molar-refractivity contribution in [3.8, 4) is 22.6 Å². The largest absolute Gasteiger partial charge is 0.308 e. The van der Waals surface area contributed by atoms with Crippen LogP contribution in [0.4, 0.5) is 4.39 Å². The summed E-state index contributed by atoms with van der Waals surface area (Å²) < 4.78 is 15.2. The Hall–Kier alpha value is -4.24. The van der Waals surface area contributed by atoms with Crippen molar-refractivity contribution in [2.75, 3.05) is 0 Å². The number of Topliss-reactive ketones (excluding diaryl/α,β-unsaturated/α-hetero) is 1. The van der Waals surface area contributed by atoms with Gasteiger partial charge in [0.2, 0.25) is 5.70 Å². The fourth-order valence-corrected chi connectivity index (χ4v) is 6.19. The lowest BCUT2D eigenvalue weighted by atomic mass is 9.59. The molecule has 37 heavy (non-hydrogen) atoms. The van der Waals surface area contributed by atoms with Crippen LogP contribution in [0.15, 0.2) is 72.6 Å². The van der Waals surface area contributed by atoms with Gasteiger partial charge in [0.15, 0.2) is 11.6 Å². The molecule has 0 saturated carbocycles. The molecule has 0 unspecified atom stereocenters. The minimum Gasteiger partial charge on any atom is -0.308 e. The maximum Gasteiger partial charge on any atom is 0.226 e. The molecule has 6 rings (SSSR count). The zero-order valence-corrected chi connectivity index (χ0v) is 20.5. The third kappa shape index (κ3) is 3.65. The van der Waals surface area contributed by atoms with E-state index in [9.17, 15) is 4.79 Å². The third-order valence-electron chi connectivity index (χ3n) is 7.83. The summed E-state index contributed by atoms with van der Waals surface area (Å²) >= 11 is 0. The Kier molecular flexibility index (Phi) is 5.64. The minimum absolute atomic E-state index is 0.0448. The van der Waals surface area contributed by atoms with Crippen LogP contribution in [-0.2, 0) is 16.6 Å². The molecular formula is C31H25FN4O. The van der Waals surface area contributed by atoms with Crippen LogP contribution in [0.5, 0.6) is 0 Å². The number of carbonyl (C=O) groups excluding carboxylic acids is 1. The van der Waals surface area contributed by atoms with Crippen molar-refractivity contribution in [1.82, 2.24) is 15.0 Å². The summed E-state index contributed by atoms with van der Waals surface area (Å²) in [6, 6.07) is 16.4. The summed E-state index contributed by atoms with van der Waals surface area (Å²) in [4.78, 5) is 31.0. The second kappa shape index (κ2) is 9.01. The first kappa shape index (κ1) is 23.2. The van der Waals surface area contributed by atoms with Gasteiger partial charge < -0.3 is 4.79 Å². The smallest absolute Gasteiger partial charge is 0.226 e. The zero-order valence-electron chi connectivity index (χ0n) is 20.5. The van der Waals surface area contributed by atoms with E-state index in [1.165, 1.54) is 6.07 Å². The molecule has 2 aromatic carbocycles. The highest BCUT2D eigenvalue weighted by Crippen LogP contribution is 2.52. The van der Waals surface area contributed by atoms with Crippen molar-refractivity contribution >= 4 is 16.7 Å². The molecule has 0 bridgehead atoms. The van der Waals surface area contributed by atoms with E-state index in [0.29, 0.717) is 29.9 Å². The Morgan fingerprint density at radius 3 is 2.70 bits per heavy atom.